The minimum atomic E-state index is 0. The average Bonchev–Trinajstić information content (AvgIpc) is 2.32. The van der Waals surface area contributed by atoms with Crippen LogP contribution >= 0.6 is 12.4 Å². The average molecular weight is 242 g/mol. The van der Waals surface area contributed by atoms with E-state index in [1.54, 1.807) is 0 Å². The lowest BCUT2D eigenvalue weighted by molar-refractivity contribution is 0.383. The summed E-state index contributed by atoms with van der Waals surface area (Å²) in [5, 5.41) is 7.00. The standard InChI is InChI=1S/C12H19N3.ClH/c1-2-7-15-12(5-1)10-14-9-11-4-3-6-13-8-11;/h3-4,6,8,12,14-15H,1-2,5,7,9-10H2;1H. The summed E-state index contributed by atoms with van der Waals surface area (Å²) in [5.74, 6) is 0. The van der Waals surface area contributed by atoms with Crippen LogP contribution in [0.25, 0.3) is 0 Å². The van der Waals surface area contributed by atoms with Crippen molar-refractivity contribution in [2.24, 2.45) is 0 Å². The number of pyridine rings is 1. The van der Waals surface area contributed by atoms with Crippen molar-refractivity contribution in [1.29, 1.82) is 0 Å². The number of nitrogens with zero attached hydrogens (tertiary/aromatic N) is 1. The second-order valence-electron chi connectivity index (χ2n) is 4.14. The number of rotatable bonds is 4. The van der Waals surface area contributed by atoms with Crippen LogP contribution in [0.3, 0.4) is 0 Å². The molecule has 1 atom stereocenters. The summed E-state index contributed by atoms with van der Waals surface area (Å²) in [7, 11) is 0. The van der Waals surface area contributed by atoms with Crippen LogP contribution in [-0.2, 0) is 6.54 Å². The maximum atomic E-state index is 4.09. The van der Waals surface area contributed by atoms with Crippen molar-refractivity contribution in [1.82, 2.24) is 15.6 Å². The van der Waals surface area contributed by atoms with Crippen LogP contribution in [0, 0.1) is 0 Å². The van der Waals surface area contributed by atoms with Gasteiger partial charge in [-0.3, -0.25) is 4.98 Å². The van der Waals surface area contributed by atoms with E-state index >= 15 is 0 Å². The third kappa shape index (κ3) is 4.47. The highest BCUT2D eigenvalue weighted by molar-refractivity contribution is 5.85. The summed E-state index contributed by atoms with van der Waals surface area (Å²) in [6, 6.07) is 4.75. The Morgan fingerprint density at radius 2 is 2.38 bits per heavy atom. The third-order valence-corrected chi connectivity index (χ3v) is 2.86. The normalized spacial score (nSPS) is 20.1. The molecule has 0 radical (unpaired) electrons. The van der Waals surface area contributed by atoms with E-state index in [0.717, 1.165) is 13.1 Å². The van der Waals surface area contributed by atoms with Crippen LogP contribution < -0.4 is 10.6 Å². The maximum Gasteiger partial charge on any atom is 0.0312 e. The van der Waals surface area contributed by atoms with Crippen molar-refractivity contribution >= 4 is 12.4 Å². The van der Waals surface area contributed by atoms with E-state index in [0.29, 0.717) is 6.04 Å². The Hall–Kier alpha value is -0.640. The van der Waals surface area contributed by atoms with E-state index in [1.807, 2.05) is 18.5 Å². The van der Waals surface area contributed by atoms with Crippen LogP contribution in [0.1, 0.15) is 24.8 Å². The molecule has 2 heterocycles. The molecule has 0 spiro atoms. The third-order valence-electron chi connectivity index (χ3n) is 2.86. The smallest absolute Gasteiger partial charge is 0.0312 e. The van der Waals surface area contributed by atoms with Gasteiger partial charge in [0, 0.05) is 31.5 Å². The van der Waals surface area contributed by atoms with Gasteiger partial charge in [-0.15, -0.1) is 12.4 Å². The molecule has 1 saturated heterocycles. The van der Waals surface area contributed by atoms with Crippen LogP contribution in [-0.4, -0.2) is 24.1 Å². The molecule has 0 aliphatic carbocycles. The molecule has 2 N–H and O–H groups in total. The molecule has 3 nitrogen and oxygen atoms in total. The maximum absolute atomic E-state index is 4.09. The second-order valence-corrected chi connectivity index (χ2v) is 4.14. The van der Waals surface area contributed by atoms with Crippen molar-refractivity contribution in [2.45, 2.75) is 31.8 Å². The summed E-state index contributed by atoms with van der Waals surface area (Å²) in [5.41, 5.74) is 1.26. The van der Waals surface area contributed by atoms with Gasteiger partial charge < -0.3 is 10.6 Å². The molecular formula is C12H20ClN3. The number of piperidine rings is 1. The lowest BCUT2D eigenvalue weighted by Gasteiger charge is -2.23. The predicted molar refractivity (Wildman–Crippen MR) is 68.8 cm³/mol. The first-order valence-corrected chi connectivity index (χ1v) is 5.78. The highest BCUT2D eigenvalue weighted by atomic mass is 35.5. The van der Waals surface area contributed by atoms with Gasteiger partial charge in [0.25, 0.3) is 0 Å². The second kappa shape index (κ2) is 7.60. The number of hydrogen-bond donors (Lipinski definition) is 2. The first-order chi connectivity index (χ1) is 7.45. The largest absolute Gasteiger partial charge is 0.313 e. The molecule has 1 unspecified atom stereocenters. The van der Waals surface area contributed by atoms with E-state index in [9.17, 15) is 0 Å². The van der Waals surface area contributed by atoms with E-state index in [2.05, 4.69) is 21.7 Å². The number of aromatic nitrogens is 1. The molecule has 1 aliphatic heterocycles. The zero-order valence-electron chi connectivity index (χ0n) is 9.48. The topological polar surface area (TPSA) is 37.0 Å². The predicted octanol–water partition coefficient (Wildman–Crippen LogP) is 1.74. The van der Waals surface area contributed by atoms with Crippen LogP contribution in [0.4, 0.5) is 0 Å². The highest BCUT2D eigenvalue weighted by Gasteiger charge is 2.11. The molecule has 16 heavy (non-hydrogen) atoms. The van der Waals surface area contributed by atoms with Gasteiger partial charge in [0.05, 0.1) is 0 Å². The summed E-state index contributed by atoms with van der Waals surface area (Å²) in [4.78, 5) is 4.09. The van der Waals surface area contributed by atoms with Gasteiger partial charge in [0.1, 0.15) is 0 Å². The van der Waals surface area contributed by atoms with Crippen molar-refractivity contribution in [3.8, 4) is 0 Å². The fourth-order valence-electron chi connectivity index (χ4n) is 1.99. The van der Waals surface area contributed by atoms with Gasteiger partial charge in [-0.05, 0) is 31.0 Å². The van der Waals surface area contributed by atoms with Gasteiger partial charge in [0.2, 0.25) is 0 Å². The monoisotopic (exact) mass is 241 g/mol. The Morgan fingerprint density at radius 3 is 3.06 bits per heavy atom. The molecule has 90 valence electrons. The minimum absolute atomic E-state index is 0. The first-order valence-electron chi connectivity index (χ1n) is 5.78. The van der Waals surface area contributed by atoms with Crippen LogP contribution in [0.2, 0.25) is 0 Å². The Morgan fingerprint density at radius 1 is 1.44 bits per heavy atom. The zero-order chi connectivity index (χ0) is 10.3. The van der Waals surface area contributed by atoms with E-state index < -0.39 is 0 Å². The molecule has 1 aromatic rings. The lowest BCUT2D eigenvalue weighted by Crippen LogP contribution is -2.41. The van der Waals surface area contributed by atoms with E-state index in [4.69, 9.17) is 0 Å². The first kappa shape index (κ1) is 13.4. The molecule has 4 heteroatoms. The Balaban J connectivity index is 0.00000128. The SMILES string of the molecule is Cl.c1cncc(CNCC2CCCCN2)c1. The molecule has 2 rings (SSSR count). The molecule has 0 bridgehead atoms. The van der Waals surface area contributed by atoms with Crippen molar-refractivity contribution in [3.05, 3.63) is 30.1 Å². The van der Waals surface area contributed by atoms with Gasteiger partial charge in [-0.2, -0.15) is 0 Å². The number of nitrogens with one attached hydrogen (secondary N) is 2. The van der Waals surface area contributed by atoms with Crippen molar-refractivity contribution < 1.29 is 0 Å². The quantitative estimate of drug-likeness (QED) is 0.843. The van der Waals surface area contributed by atoms with Crippen molar-refractivity contribution in [2.75, 3.05) is 13.1 Å². The summed E-state index contributed by atoms with van der Waals surface area (Å²) < 4.78 is 0. The molecule has 1 fully saturated rings. The number of hydrogen-bond acceptors (Lipinski definition) is 3. The van der Waals surface area contributed by atoms with Gasteiger partial charge in [-0.1, -0.05) is 12.5 Å². The Kier molecular flexibility index (Phi) is 6.38. The van der Waals surface area contributed by atoms with Crippen LogP contribution in [0.5, 0.6) is 0 Å². The molecule has 1 aliphatic rings. The zero-order valence-corrected chi connectivity index (χ0v) is 10.3. The lowest BCUT2D eigenvalue weighted by atomic mass is 10.1. The van der Waals surface area contributed by atoms with Gasteiger partial charge in [0.15, 0.2) is 0 Å². The molecule has 0 saturated carbocycles. The summed E-state index contributed by atoms with van der Waals surface area (Å²) >= 11 is 0. The molecule has 0 aromatic carbocycles. The van der Waals surface area contributed by atoms with E-state index in [-0.39, 0.29) is 12.4 Å². The minimum Gasteiger partial charge on any atom is -0.313 e. The Labute approximate surface area is 103 Å². The molecule has 1 aromatic heterocycles. The summed E-state index contributed by atoms with van der Waals surface area (Å²) in [6.45, 7) is 3.17. The fourth-order valence-corrected chi connectivity index (χ4v) is 1.99. The van der Waals surface area contributed by atoms with Gasteiger partial charge >= 0.3 is 0 Å². The van der Waals surface area contributed by atoms with Crippen LogP contribution in [0.15, 0.2) is 24.5 Å². The van der Waals surface area contributed by atoms with E-state index in [1.165, 1.54) is 31.4 Å². The van der Waals surface area contributed by atoms with Gasteiger partial charge in [-0.25, -0.2) is 0 Å². The fraction of sp³-hybridized carbons (Fsp3) is 0.583. The molecular weight excluding hydrogens is 222 g/mol. The Bertz CT molecular complexity index is 273. The molecule has 0 amide bonds. The summed E-state index contributed by atoms with van der Waals surface area (Å²) in [6.07, 6.45) is 7.73. The highest BCUT2D eigenvalue weighted by Crippen LogP contribution is 2.05. The van der Waals surface area contributed by atoms with Crippen molar-refractivity contribution in [3.63, 3.8) is 0 Å². The number of halogens is 1.